The summed E-state index contributed by atoms with van der Waals surface area (Å²) in [6, 6.07) is 8.21. The smallest absolute Gasteiger partial charge is 0.407 e. The zero-order valence-corrected chi connectivity index (χ0v) is 11.6. The molecule has 2 atom stereocenters. The quantitative estimate of drug-likeness (QED) is 0.763. The molecule has 8 heteroatoms. The van der Waals surface area contributed by atoms with Crippen LogP contribution >= 0.6 is 0 Å². The summed E-state index contributed by atoms with van der Waals surface area (Å²) in [4.78, 5) is 34.7. The van der Waals surface area contributed by atoms with Crippen LogP contribution in [0.1, 0.15) is 5.56 Å². The lowest BCUT2D eigenvalue weighted by Crippen LogP contribution is -2.43. The Morgan fingerprint density at radius 1 is 1.18 bits per heavy atom. The fourth-order valence-electron chi connectivity index (χ4n) is 2.27. The van der Waals surface area contributed by atoms with Gasteiger partial charge in [0.2, 0.25) is 0 Å². The van der Waals surface area contributed by atoms with Crippen molar-refractivity contribution in [3.05, 3.63) is 35.9 Å². The Kier molecular flexibility index (Phi) is 4.82. The van der Waals surface area contributed by atoms with Crippen LogP contribution < -0.4 is 5.32 Å². The van der Waals surface area contributed by atoms with Crippen LogP contribution in [0, 0.1) is 5.92 Å². The first-order valence-corrected chi connectivity index (χ1v) is 6.65. The molecule has 1 heterocycles. The van der Waals surface area contributed by atoms with Gasteiger partial charge in [0.15, 0.2) is 0 Å². The highest BCUT2D eigenvalue weighted by Gasteiger charge is 2.40. The lowest BCUT2D eigenvalue weighted by atomic mass is 10.0. The zero-order chi connectivity index (χ0) is 16.1. The molecule has 8 nitrogen and oxygen atoms in total. The number of rotatable bonds is 4. The monoisotopic (exact) mass is 308 g/mol. The number of hydrogen-bond donors (Lipinski definition) is 3. The van der Waals surface area contributed by atoms with Crippen LogP contribution in [0.5, 0.6) is 0 Å². The average molecular weight is 308 g/mol. The summed E-state index contributed by atoms with van der Waals surface area (Å²) in [5.41, 5.74) is 0.797. The van der Waals surface area contributed by atoms with Gasteiger partial charge >= 0.3 is 18.2 Å². The molecule has 0 aliphatic carbocycles. The fourth-order valence-corrected chi connectivity index (χ4v) is 2.27. The van der Waals surface area contributed by atoms with Crippen molar-refractivity contribution in [2.24, 2.45) is 5.92 Å². The van der Waals surface area contributed by atoms with Crippen LogP contribution in [-0.4, -0.2) is 52.4 Å². The minimum absolute atomic E-state index is 0.0553. The summed E-state index contributed by atoms with van der Waals surface area (Å²) in [6.45, 7) is -0.180. The molecule has 2 amide bonds. The first-order chi connectivity index (χ1) is 10.5. The van der Waals surface area contributed by atoms with E-state index in [1.807, 2.05) is 6.07 Å². The second-order valence-corrected chi connectivity index (χ2v) is 4.94. The van der Waals surface area contributed by atoms with Gasteiger partial charge < -0.3 is 25.2 Å². The topological polar surface area (TPSA) is 116 Å². The van der Waals surface area contributed by atoms with E-state index in [2.05, 4.69) is 5.32 Å². The third-order valence-corrected chi connectivity index (χ3v) is 3.42. The second kappa shape index (κ2) is 6.79. The van der Waals surface area contributed by atoms with Crippen LogP contribution in [0.25, 0.3) is 0 Å². The number of carboxylic acids is 1. The normalized spacial score (nSPS) is 20.5. The number of carbonyl (C=O) groups is 3. The van der Waals surface area contributed by atoms with E-state index >= 15 is 0 Å². The third kappa shape index (κ3) is 3.87. The van der Waals surface area contributed by atoms with Crippen LogP contribution in [-0.2, 0) is 16.1 Å². The molecule has 0 aromatic heterocycles. The van der Waals surface area contributed by atoms with Crippen LogP contribution in [0.2, 0.25) is 0 Å². The molecule has 22 heavy (non-hydrogen) atoms. The molecule has 3 N–H and O–H groups in total. The molecule has 1 saturated heterocycles. The molecule has 1 fully saturated rings. The maximum absolute atomic E-state index is 11.7. The van der Waals surface area contributed by atoms with E-state index < -0.39 is 30.1 Å². The van der Waals surface area contributed by atoms with Crippen molar-refractivity contribution in [2.75, 3.05) is 13.1 Å². The van der Waals surface area contributed by atoms with E-state index in [-0.39, 0.29) is 19.7 Å². The number of likely N-dealkylation sites (tertiary alicyclic amines) is 1. The number of nitrogens with one attached hydrogen (secondary N) is 1. The Bertz CT molecular complexity index is 562. The van der Waals surface area contributed by atoms with Crippen molar-refractivity contribution >= 4 is 18.2 Å². The second-order valence-electron chi connectivity index (χ2n) is 4.94. The SMILES string of the molecule is O=C(N[C@H]1CN(C(=O)O)C[C@@H]1C(=O)O)OCc1ccccc1. The van der Waals surface area contributed by atoms with Crippen molar-refractivity contribution in [2.45, 2.75) is 12.6 Å². The molecule has 1 aliphatic heterocycles. The summed E-state index contributed by atoms with van der Waals surface area (Å²) < 4.78 is 5.00. The highest BCUT2D eigenvalue weighted by atomic mass is 16.5. The number of amides is 2. The van der Waals surface area contributed by atoms with Crippen molar-refractivity contribution in [3.8, 4) is 0 Å². The van der Waals surface area contributed by atoms with Gasteiger partial charge in [-0.25, -0.2) is 9.59 Å². The highest BCUT2D eigenvalue weighted by Crippen LogP contribution is 2.17. The Hall–Kier alpha value is -2.77. The molecule has 1 aromatic carbocycles. The molecule has 1 aromatic rings. The van der Waals surface area contributed by atoms with Gasteiger partial charge in [0.05, 0.1) is 12.0 Å². The largest absolute Gasteiger partial charge is 0.481 e. The fraction of sp³-hybridized carbons (Fsp3) is 0.357. The maximum Gasteiger partial charge on any atom is 0.407 e. The number of ether oxygens (including phenoxy) is 1. The van der Waals surface area contributed by atoms with E-state index in [1.54, 1.807) is 24.3 Å². The van der Waals surface area contributed by atoms with E-state index in [0.29, 0.717) is 0 Å². The van der Waals surface area contributed by atoms with Gasteiger partial charge in [0.25, 0.3) is 0 Å². The van der Waals surface area contributed by atoms with Crippen molar-refractivity contribution in [1.82, 2.24) is 10.2 Å². The highest BCUT2D eigenvalue weighted by molar-refractivity contribution is 5.76. The Morgan fingerprint density at radius 3 is 2.45 bits per heavy atom. The number of benzene rings is 1. The number of hydrogen-bond acceptors (Lipinski definition) is 4. The van der Waals surface area contributed by atoms with Crippen molar-refractivity contribution in [1.29, 1.82) is 0 Å². The van der Waals surface area contributed by atoms with E-state index in [1.165, 1.54) is 0 Å². The summed E-state index contributed by atoms with van der Waals surface area (Å²) >= 11 is 0. The van der Waals surface area contributed by atoms with Crippen molar-refractivity contribution in [3.63, 3.8) is 0 Å². The summed E-state index contributed by atoms with van der Waals surface area (Å²) in [6.07, 6.45) is -1.99. The minimum Gasteiger partial charge on any atom is -0.481 e. The molecule has 0 saturated carbocycles. The third-order valence-electron chi connectivity index (χ3n) is 3.42. The zero-order valence-electron chi connectivity index (χ0n) is 11.6. The standard InChI is InChI=1S/C14H16N2O6/c17-12(18)10-6-16(14(20)21)7-11(10)15-13(19)22-8-9-4-2-1-3-5-9/h1-5,10-11H,6-8H2,(H,15,19)(H,17,18)(H,20,21)/t10-,11-/m0/s1. The number of aliphatic carboxylic acids is 1. The van der Waals surface area contributed by atoms with Gasteiger partial charge in [0.1, 0.15) is 6.61 Å². The number of carboxylic acid groups (broad SMARTS) is 2. The molecule has 0 radical (unpaired) electrons. The van der Waals surface area contributed by atoms with Gasteiger partial charge in [-0.3, -0.25) is 4.79 Å². The molecule has 2 rings (SSSR count). The Morgan fingerprint density at radius 2 is 1.86 bits per heavy atom. The van der Waals surface area contributed by atoms with Gasteiger partial charge in [-0.05, 0) is 5.56 Å². The molecular formula is C14H16N2O6. The van der Waals surface area contributed by atoms with Crippen LogP contribution in [0.4, 0.5) is 9.59 Å². The van der Waals surface area contributed by atoms with Gasteiger partial charge in [-0.1, -0.05) is 30.3 Å². The van der Waals surface area contributed by atoms with Crippen LogP contribution in [0.3, 0.4) is 0 Å². The molecule has 0 spiro atoms. The lowest BCUT2D eigenvalue weighted by molar-refractivity contribution is -0.141. The predicted octanol–water partition coefficient (Wildman–Crippen LogP) is 0.976. The predicted molar refractivity (Wildman–Crippen MR) is 74.3 cm³/mol. The first kappa shape index (κ1) is 15.6. The molecule has 1 aliphatic rings. The summed E-state index contributed by atoms with van der Waals surface area (Å²) in [5.74, 6) is -2.14. The summed E-state index contributed by atoms with van der Waals surface area (Å²) in [5, 5.41) is 20.4. The van der Waals surface area contributed by atoms with Gasteiger partial charge in [-0.2, -0.15) is 0 Å². The van der Waals surface area contributed by atoms with Gasteiger partial charge in [-0.15, -0.1) is 0 Å². The molecular weight excluding hydrogens is 292 g/mol. The lowest BCUT2D eigenvalue weighted by Gasteiger charge is -2.16. The number of carbonyl (C=O) groups excluding carboxylic acids is 1. The first-order valence-electron chi connectivity index (χ1n) is 6.65. The number of nitrogens with zero attached hydrogens (tertiary/aromatic N) is 1. The van der Waals surface area contributed by atoms with E-state index in [4.69, 9.17) is 14.9 Å². The maximum atomic E-state index is 11.7. The minimum atomic E-state index is -1.21. The van der Waals surface area contributed by atoms with Crippen molar-refractivity contribution < 1.29 is 29.3 Å². The van der Waals surface area contributed by atoms with E-state index in [9.17, 15) is 14.4 Å². The van der Waals surface area contributed by atoms with Gasteiger partial charge in [0, 0.05) is 13.1 Å². The van der Waals surface area contributed by atoms with E-state index in [0.717, 1.165) is 10.5 Å². The molecule has 118 valence electrons. The molecule has 0 bridgehead atoms. The molecule has 0 unspecified atom stereocenters. The number of alkyl carbamates (subject to hydrolysis) is 1. The Balaban J connectivity index is 1.89. The average Bonchev–Trinajstić information content (AvgIpc) is 2.90. The summed E-state index contributed by atoms with van der Waals surface area (Å²) in [7, 11) is 0. The van der Waals surface area contributed by atoms with Crippen LogP contribution in [0.15, 0.2) is 30.3 Å². The Labute approximate surface area is 126 Å².